The van der Waals surface area contributed by atoms with Crippen molar-refractivity contribution in [2.45, 2.75) is 13.1 Å². The fourth-order valence-corrected chi connectivity index (χ4v) is 1.50. The Labute approximate surface area is 98.5 Å². The number of halogens is 1. The van der Waals surface area contributed by atoms with Crippen LogP contribution in [0.2, 0.25) is 5.15 Å². The quantitative estimate of drug-likeness (QED) is 0.626. The predicted molar refractivity (Wildman–Crippen MR) is 61.0 cm³/mol. The van der Waals surface area contributed by atoms with Gasteiger partial charge in [-0.05, 0) is 6.07 Å². The fraction of sp³-hybridized carbons (Fsp3) is 0.300. The summed E-state index contributed by atoms with van der Waals surface area (Å²) < 4.78 is 1.78. The standard InChI is InChI=1S/C10H12ClN5/c11-10-9(2-1-3-14-10)6-12-4-5-16-8-13-7-15-16/h1-3,7-8,12H,4-6H2. The van der Waals surface area contributed by atoms with Gasteiger partial charge in [-0.3, -0.25) is 4.68 Å². The average molecular weight is 238 g/mol. The third kappa shape index (κ3) is 3.01. The fourth-order valence-electron chi connectivity index (χ4n) is 1.32. The summed E-state index contributed by atoms with van der Waals surface area (Å²) in [6.07, 6.45) is 4.90. The van der Waals surface area contributed by atoms with Crippen LogP contribution >= 0.6 is 11.6 Å². The number of aromatic nitrogens is 4. The minimum absolute atomic E-state index is 0.552. The van der Waals surface area contributed by atoms with Crippen LogP contribution in [0.4, 0.5) is 0 Å². The minimum atomic E-state index is 0.552. The van der Waals surface area contributed by atoms with Crippen molar-refractivity contribution in [1.82, 2.24) is 25.1 Å². The molecule has 0 aliphatic rings. The summed E-state index contributed by atoms with van der Waals surface area (Å²) in [5.41, 5.74) is 1.00. The van der Waals surface area contributed by atoms with Crippen LogP contribution in [0, 0.1) is 0 Å². The average Bonchev–Trinajstić information content (AvgIpc) is 2.79. The van der Waals surface area contributed by atoms with E-state index in [9.17, 15) is 0 Å². The number of nitrogens with zero attached hydrogens (tertiary/aromatic N) is 4. The highest BCUT2D eigenvalue weighted by Crippen LogP contribution is 2.10. The Bertz CT molecular complexity index is 429. The van der Waals surface area contributed by atoms with Gasteiger partial charge in [0, 0.05) is 24.8 Å². The molecule has 2 rings (SSSR count). The molecule has 84 valence electrons. The van der Waals surface area contributed by atoms with Crippen molar-refractivity contribution in [3.8, 4) is 0 Å². The summed E-state index contributed by atoms with van der Waals surface area (Å²) in [6.45, 7) is 2.31. The maximum atomic E-state index is 5.92. The van der Waals surface area contributed by atoms with Gasteiger partial charge in [0.2, 0.25) is 0 Å². The maximum absolute atomic E-state index is 5.92. The Kier molecular flexibility index (Phi) is 3.85. The Morgan fingerprint density at radius 1 is 1.44 bits per heavy atom. The first kappa shape index (κ1) is 11.0. The van der Waals surface area contributed by atoms with Crippen LogP contribution in [-0.2, 0) is 13.1 Å². The number of pyridine rings is 1. The number of nitrogens with one attached hydrogen (secondary N) is 1. The molecule has 0 aromatic carbocycles. The van der Waals surface area contributed by atoms with E-state index in [1.54, 1.807) is 17.2 Å². The molecule has 2 heterocycles. The molecule has 2 aromatic rings. The van der Waals surface area contributed by atoms with Gasteiger partial charge in [0.15, 0.2) is 0 Å². The molecule has 0 radical (unpaired) electrons. The SMILES string of the molecule is Clc1ncccc1CNCCn1cncn1. The largest absolute Gasteiger partial charge is 0.311 e. The van der Waals surface area contributed by atoms with E-state index in [1.807, 2.05) is 12.1 Å². The lowest BCUT2D eigenvalue weighted by Crippen LogP contribution is -2.20. The first-order valence-corrected chi connectivity index (χ1v) is 5.36. The second kappa shape index (κ2) is 5.58. The maximum Gasteiger partial charge on any atom is 0.137 e. The van der Waals surface area contributed by atoms with Crippen molar-refractivity contribution in [1.29, 1.82) is 0 Å². The predicted octanol–water partition coefficient (Wildman–Crippen LogP) is 1.12. The summed E-state index contributed by atoms with van der Waals surface area (Å²) in [5, 5.41) is 7.82. The Balaban J connectivity index is 1.74. The highest BCUT2D eigenvalue weighted by Gasteiger charge is 1.99. The molecule has 0 spiro atoms. The van der Waals surface area contributed by atoms with Gasteiger partial charge >= 0.3 is 0 Å². The third-order valence-corrected chi connectivity index (χ3v) is 2.48. The first-order valence-electron chi connectivity index (χ1n) is 4.99. The first-order chi connectivity index (χ1) is 7.86. The molecule has 16 heavy (non-hydrogen) atoms. The van der Waals surface area contributed by atoms with Crippen LogP contribution < -0.4 is 5.32 Å². The van der Waals surface area contributed by atoms with E-state index in [1.165, 1.54) is 6.33 Å². The second-order valence-corrected chi connectivity index (χ2v) is 3.65. The van der Waals surface area contributed by atoms with Crippen molar-refractivity contribution in [2.75, 3.05) is 6.54 Å². The van der Waals surface area contributed by atoms with Gasteiger partial charge < -0.3 is 5.32 Å². The van der Waals surface area contributed by atoms with Gasteiger partial charge in [-0.25, -0.2) is 9.97 Å². The van der Waals surface area contributed by atoms with Crippen LogP contribution in [0.1, 0.15) is 5.56 Å². The van der Waals surface area contributed by atoms with E-state index in [4.69, 9.17) is 11.6 Å². The minimum Gasteiger partial charge on any atom is -0.311 e. The molecule has 0 saturated carbocycles. The van der Waals surface area contributed by atoms with Gasteiger partial charge in [0.05, 0.1) is 6.54 Å². The van der Waals surface area contributed by atoms with E-state index in [-0.39, 0.29) is 0 Å². The highest BCUT2D eigenvalue weighted by molar-refractivity contribution is 6.30. The van der Waals surface area contributed by atoms with Crippen LogP contribution in [-0.4, -0.2) is 26.3 Å². The van der Waals surface area contributed by atoms with Gasteiger partial charge in [0.25, 0.3) is 0 Å². The molecule has 0 atom stereocenters. The summed E-state index contributed by atoms with van der Waals surface area (Å²) in [5.74, 6) is 0. The Morgan fingerprint density at radius 3 is 3.12 bits per heavy atom. The molecule has 0 bridgehead atoms. The normalized spacial score (nSPS) is 10.6. The van der Waals surface area contributed by atoms with E-state index < -0.39 is 0 Å². The molecule has 2 aromatic heterocycles. The lowest BCUT2D eigenvalue weighted by atomic mass is 10.3. The molecular weight excluding hydrogens is 226 g/mol. The van der Waals surface area contributed by atoms with E-state index in [0.29, 0.717) is 11.7 Å². The number of hydrogen-bond acceptors (Lipinski definition) is 4. The smallest absolute Gasteiger partial charge is 0.137 e. The van der Waals surface area contributed by atoms with E-state index in [0.717, 1.165) is 18.7 Å². The molecule has 0 aliphatic carbocycles. The zero-order valence-electron chi connectivity index (χ0n) is 8.67. The zero-order chi connectivity index (χ0) is 11.2. The monoisotopic (exact) mass is 237 g/mol. The molecule has 0 amide bonds. The van der Waals surface area contributed by atoms with Crippen LogP contribution in [0.5, 0.6) is 0 Å². The van der Waals surface area contributed by atoms with Gasteiger partial charge in [-0.15, -0.1) is 0 Å². The van der Waals surface area contributed by atoms with Gasteiger partial charge in [0.1, 0.15) is 17.8 Å². The lowest BCUT2D eigenvalue weighted by molar-refractivity contribution is 0.553. The van der Waals surface area contributed by atoms with E-state index >= 15 is 0 Å². The lowest BCUT2D eigenvalue weighted by Gasteiger charge is -2.05. The summed E-state index contributed by atoms with van der Waals surface area (Å²) in [6, 6.07) is 3.83. The van der Waals surface area contributed by atoms with Crippen LogP contribution in [0.3, 0.4) is 0 Å². The van der Waals surface area contributed by atoms with Crippen molar-refractivity contribution in [3.63, 3.8) is 0 Å². The van der Waals surface area contributed by atoms with Crippen molar-refractivity contribution in [2.24, 2.45) is 0 Å². The molecule has 0 saturated heterocycles. The van der Waals surface area contributed by atoms with Crippen LogP contribution in [0.25, 0.3) is 0 Å². The van der Waals surface area contributed by atoms with Gasteiger partial charge in [-0.1, -0.05) is 17.7 Å². The zero-order valence-corrected chi connectivity index (χ0v) is 9.43. The van der Waals surface area contributed by atoms with Gasteiger partial charge in [-0.2, -0.15) is 5.10 Å². The van der Waals surface area contributed by atoms with E-state index in [2.05, 4.69) is 20.4 Å². The third-order valence-electron chi connectivity index (χ3n) is 2.14. The summed E-state index contributed by atoms with van der Waals surface area (Å²) in [4.78, 5) is 7.87. The molecule has 1 N–H and O–H groups in total. The summed E-state index contributed by atoms with van der Waals surface area (Å²) >= 11 is 5.92. The van der Waals surface area contributed by atoms with Crippen LogP contribution in [0.15, 0.2) is 31.0 Å². The molecule has 0 unspecified atom stereocenters. The topological polar surface area (TPSA) is 55.6 Å². The second-order valence-electron chi connectivity index (χ2n) is 3.29. The Morgan fingerprint density at radius 2 is 2.38 bits per heavy atom. The van der Waals surface area contributed by atoms with Crippen molar-refractivity contribution in [3.05, 3.63) is 41.7 Å². The summed E-state index contributed by atoms with van der Waals surface area (Å²) in [7, 11) is 0. The highest BCUT2D eigenvalue weighted by atomic mass is 35.5. The Hall–Kier alpha value is -1.46. The molecule has 0 aliphatic heterocycles. The van der Waals surface area contributed by atoms with Crippen molar-refractivity contribution >= 4 is 11.6 Å². The number of hydrogen-bond donors (Lipinski definition) is 1. The number of rotatable bonds is 5. The molecule has 0 fully saturated rings. The molecular formula is C10H12ClN5. The molecule has 5 nitrogen and oxygen atoms in total. The van der Waals surface area contributed by atoms with Crippen molar-refractivity contribution < 1.29 is 0 Å². The molecule has 6 heteroatoms.